The Bertz CT molecular complexity index is 553. The van der Waals surface area contributed by atoms with E-state index in [1.807, 2.05) is 19.9 Å². The summed E-state index contributed by atoms with van der Waals surface area (Å²) in [6.07, 6.45) is 3.59. The van der Waals surface area contributed by atoms with Gasteiger partial charge < -0.3 is 5.11 Å². The Morgan fingerprint density at radius 2 is 2.41 bits per heavy atom. The Balaban J connectivity index is 2.26. The second-order valence-corrected chi connectivity index (χ2v) is 5.30. The topological polar surface area (TPSA) is 67.5 Å². The van der Waals surface area contributed by atoms with E-state index in [0.717, 1.165) is 16.2 Å². The van der Waals surface area contributed by atoms with Crippen molar-refractivity contribution in [3.63, 3.8) is 0 Å². The Labute approximate surface area is 103 Å². The van der Waals surface area contributed by atoms with E-state index in [9.17, 15) is 4.79 Å². The molecule has 1 atom stereocenters. The highest BCUT2D eigenvalue weighted by molar-refractivity contribution is 8.00. The molecule has 0 spiro atoms. The summed E-state index contributed by atoms with van der Waals surface area (Å²) in [5.74, 6) is -0.790. The summed E-state index contributed by atoms with van der Waals surface area (Å²) in [6, 6.07) is 1.95. The second kappa shape index (κ2) is 4.75. The van der Waals surface area contributed by atoms with Crippen molar-refractivity contribution in [2.45, 2.75) is 30.5 Å². The fraction of sp³-hybridized carbons (Fsp3) is 0.364. The Morgan fingerprint density at radius 3 is 3.12 bits per heavy atom. The van der Waals surface area contributed by atoms with Crippen molar-refractivity contribution in [2.24, 2.45) is 0 Å². The first-order valence-corrected chi connectivity index (χ1v) is 6.13. The highest BCUT2D eigenvalue weighted by Gasteiger charge is 2.13. The average molecular weight is 251 g/mol. The lowest BCUT2D eigenvalue weighted by atomic mass is 10.3. The monoisotopic (exact) mass is 251 g/mol. The highest BCUT2D eigenvalue weighted by Crippen LogP contribution is 2.27. The van der Waals surface area contributed by atoms with Gasteiger partial charge >= 0.3 is 5.97 Å². The van der Waals surface area contributed by atoms with Crippen molar-refractivity contribution in [2.75, 3.05) is 0 Å². The number of carboxylic acid groups (broad SMARTS) is 1. The molecule has 5 nitrogen and oxygen atoms in total. The van der Waals surface area contributed by atoms with Gasteiger partial charge in [-0.3, -0.25) is 4.79 Å². The molecular weight excluding hydrogens is 238 g/mol. The van der Waals surface area contributed by atoms with Crippen LogP contribution in [-0.2, 0) is 4.79 Å². The van der Waals surface area contributed by atoms with Crippen molar-refractivity contribution in [3.05, 3.63) is 24.2 Å². The lowest BCUT2D eigenvalue weighted by molar-refractivity contribution is -0.136. The number of rotatable bonds is 4. The summed E-state index contributed by atoms with van der Waals surface area (Å²) >= 11 is 1.46. The lowest BCUT2D eigenvalue weighted by Crippen LogP contribution is -2.06. The van der Waals surface area contributed by atoms with Crippen LogP contribution in [0.4, 0.5) is 0 Å². The zero-order chi connectivity index (χ0) is 12.4. The maximum absolute atomic E-state index is 10.6. The van der Waals surface area contributed by atoms with Crippen LogP contribution < -0.4 is 0 Å². The zero-order valence-electron chi connectivity index (χ0n) is 9.62. The molecule has 0 aliphatic heterocycles. The molecule has 2 aromatic rings. The average Bonchev–Trinajstić information content (AvgIpc) is 2.58. The molecule has 2 heterocycles. The smallest absolute Gasteiger partial charge is 0.304 e. The number of aryl methyl sites for hydroxylation is 1. The number of aromatic nitrogens is 3. The van der Waals surface area contributed by atoms with Gasteiger partial charge in [0, 0.05) is 17.6 Å². The third-order valence-electron chi connectivity index (χ3n) is 2.25. The van der Waals surface area contributed by atoms with Gasteiger partial charge in [0.25, 0.3) is 0 Å². The molecule has 0 radical (unpaired) electrons. The maximum atomic E-state index is 10.6. The van der Waals surface area contributed by atoms with Crippen LogP contribution in [0.2, 0.25) is 0 Å². The van der Waals surface area contributed by atoms with Crippen LogP contribution in [0.15, 0.2) is 23.5 Å². The number of aliphatic carboxylic acids is 1. The van der Waals surface area contributed by atoms with E-state index in [1.54, 1.807) is 16.9 Å². The molecule has 6 heteroatoms. The predicted molar refractivity (Wildman–Crippen MR) is 65.3 cm³/mol. The third-order valence-corrected chi connectivity index (χ3v) is 3.36. The first kappa shape index (κ1) is 11.9. The van der Waals surface area contributed by atoms with Crippen LogP contribution in [0.1, 0.15) is 19.0 Å². The Hall–Kier alpha value is -1.56. The number of hydrogen-bond donors (Lipinski definition) is 1. The summed E-state index contributed by atoms with van der Waals surface area (Å²) in [5.41, 5.74) is 1.85. The fourth-order valence-electron chi connectivity index (χ4n) is 1.59. The molecular formula is C11H13N3O2S. The molecule has 0 aromatic carbocycles. The molecule has 0 aliphatic rings. The minimum atomic E-state index is -0.790. The molecule has 90 valence electrons. The predicted octanol–water partition coefficient (Wildman–Crippen LogP) is 1.99. The highest BCUT2D eigenvalue weighted by atomic mass is 32.2. The number of carbonyl (C=O) groups is 1. The molecule has 0 aliphatic carbocycles. The van der Waals surface area contributed by atoms with Crippen molar-refractivity contribution < 1.29 is 9.90 Å². The standard InChI is InChI=1S/C11H13N3O2S/c1-7-5-9-11(12-3-4-14(9)13-7)17-8(2)6-10(15)16/h3-5,8H,6H2,1-2H3,(H,15,16). The normalized spacial score (nSPS) is 12.8. The number of hydrogen-bond acceptors (Lipinski definition) is 4. The van der Waals surface area contributed by atoms with Crippen LogP contribution in [0.25, 0.3) is 5.52 Å². The third kappa shape index (κ3) is 2.76. The van der Waals surface area contributed by atoms with Crippen LogP contribution >= 0.6 is 11.8 Å². The summed E-state index contributed by atoms with van der Waals surface area (Å²) in [6.45, 7) is 3.80. The van der Waals surface area contributed by atoms with E-state index in [4.69, 9.17) is 5.11 Å². The van der Waals surface area contributed by atoms with Crippen molar-refractivity contribution in [1.29, 1.82) is 0 Å². The minimum Gasteiger partial charge on any atom is -0.481 e. The molecule has 0 saturated carbocycles. The van der Waals surface area contributed by atoms with Crippen molar-refractivity contribution in [3.8, 4) is 0 Å². The van der Waals surface area contributed by atoms with E-state index in [0.29, 0.717) is 0 Å². The first-order chi connectivity index (χ1) is 8.06. The molecule has 1 N–H and O–H groups in total. The van der Waals surface area contributed by atoms with Crippen molar-refractivity contribution >= 4 is 23.2 Å². The van der Waals surface area contributed by atoms with E-state index in [2.05, 4.69) is 10.1 Å². The van der Waals surface area contributed by atoms with Crippen LogP contribution in [0, 0.1) is 6.92 Å². The van der Waals surface area contributed by atoms with Crippen LogP contribution in [0.5, 0.6) is 0 Å². The second-order valence-electron chi connectivity index (χ2n) is 3.87. The summed E-state index contributed by atoms with van der Waals surface area (Å²) in [5, 5.41) is 13.8. The van der Waals surface area contributed by atoms with Crippen LogP contribution in [-0.4, -0.2) is 30.9 Å². The van der Waals surface area contributed by atoms with Gasteiger partial charge in [0.15, 0.2) is 0 Å². The van der Waals surface area contributed by atoms with Gasteiger partial charge in [0.2, 0.25) is 0 Å². The van der Waals surface area contributed by atoms with Crippen molar-refractivity contribution in [1.82, 2.24) is 14.6 Å². The molecule has 17 heavy (non-hydrogen) atoms. The molecule has 2 rings (SSSR count). The molecule has 0 bridgehead atoms. The van der Waals surface area contributed by atoms with Gasteiger partial charge in [-0.15, -0.1) is 11.8 Å². The van der Waals surface area contributed by atoms with Gasteiger partial charge in [-0.2, -0.15) is 5.10 Å². The van der Waals surface area contributed by atoms with Gasteiger partial charge in [-0.1, -0.05) is 6.92 Å². The number of thioether (sulfide) groups is 1. The molecule has 0 amide bonds. The summed E-state index contributed by atoms with van der Waals surface area (Å²) in [4.78, 5) is 14.9. The maximum Gasteiger partial charge on any atom is 0.304 e. The van der Waals surface area contributed by atoms with E-state index in [1.165, 1.54) is 11.8 Å². The van der Waals surface area contributed by atoms with Gasteiger partial charge in [0.1, 0.15) is 5.03 Å². The fourth-order valence-corrected chi connectivity index (χ4v) is 2.59. The molecule has 2 aromatic heterocycles. The largest absolute Gasteiger partial charge is 0.481 e. The lowest BCUT2D eigenvalue weighted by Gasteiger charge is -2.08. The first-order valence-electron chi connectivity index (χ1n) is 5.25. The number of nitrogens with zero attached hydrogens (tertiary/aromatic N) is 3. The molecule has 0 fully saturated rings. The molecule has 1 unspecified atom stereocenters. The Morgan fingerprint density at radius 1 is 1.65 bits per heavy atom. The van der Waals surface area contributed by atoms with Crippen LogP contribution in [0.3, 0.4) is 0 Å². The minimum absolute atomic E-state index is 0.0126. The van der Waals surface area contributed by atoms with E-state index < -0.39 is 5.97 Å². The number of carboxylic acids is 1. The quantitative estimate of drug-likeness (QED) is 0.842. The van der Waals surface area contributed by atoms with Gasteiger partial charge in [0.05, 0.1) is 17.6 Å². The van der Waals surface area contributed by atoms with Gasteiger partial charge in [-0.05, 0) is 13.0 Å². The van der Waals surface area contributed by atoms with E-state index >= 15 is 0 Å². The molecule has 0 saturated heterocycles. The number of fused-ring (bicyclic) bond motifs is 1. The Kier molecular flexibility index (Phi) is 3.33. The zero-order valence-corrected chi connectivity index (χ0v) is 10.4. The summed E-state index contributed by atoms with van der Waals surface area (Å²) < 4.78 is 1.76. The van der Waals surface area contributed by atoms with E-state index in [-0.39, 0.29) is 11.7 Å². The summed E-state index contributed by atoms with van der Waals surface area (Å²) in [7, 11) is 0. The SMILES string of the molecule is Cc1cc2c(SC(C)CC(=O)O)nccn2n1. The van der Waals surface area contributed by atoms with Gasteiger partial charge in [-0.25, -0.2) is 9.50 Å².